The van der Waals surface area contributed by atoms with E-state index < -0.39 is 0 Å². The fourth-order valence-electron chi connectivity index (χ4n) is 5.51. The first-order valence-electron chi connectivity index (χ1n) is 13.9. The van der Waals surface area contributed by atoms with Crippen LogP contribution in [0.3, 0.4) is 0 Å². The van der Waals surface area contributed by atoms with Gasteiger partial charge in [0.25, 0.3) is 0 Å². The number of hydrogen-bond acceptors (Lipinski definition) is 4. The second-order valence-corrected chi connectivity index (χ2v) is 10.5. The Hall–Kier alpha value is -4.35. The molecule has 0 fully saturated rings. The van der Waals surface area contributed by atoms with Gasteiger partial charge >= 0.3 is 0 Å². The van der Waals surface area contributed by atoms with Crippen molar-refractivity contribution >= 4 is 11.6 Å². The van der Waals surface area contributed by atoms with Gasteiger partial charge in [-0.15, -0.1) is 0 Å². The number of aromatic nitrogens is 2. The Bertz CT molecular complexity index is 1580. The van der Waals surface area contributed by atoms with Crippen LogP contribution in [0.1, 0.15) is 33.7 Å². The molecular formula is C35H33FN4. The highest BCUT2D eigenvalue weighted by Gasteiger charge is 2.28. The third kappa shape index (κ3) is 5.80. The van der Waals surface area contributed by atoms with Crippen molar-refractivity contribution in [3.05, 3.63) is 143 Å². The van der Waals surface area contributed by atoms with Gasteiger partial charge in [0.15, 0.2) is 0 Å². The van der Waals surface area contributed by atoms with Crippen LogP contribution in [-0.4, -0.2) is 35.0 Å². The molecule has 4 aromatic carbocycles. The van der Waals surface area contributed by atoms with Crippen molar-refractivity contribution in [2.24, 2.45) is 0 Å². The Labute approximate surface area is 235 Å². The molecule has 0 spiro atoms. The number of anilines is 2. The van der Waals surface area contributed by atoms with Crippen molar-refractivity contribution in [3.8, 4) is 11.3 Å². The first-order chi connectivity index (χ1) is 19.6. The first kappa shape index (κ1) is 25.9. The van der Waals surface area contributed by atoms with Gasteiger partial charge in [0, 0.05) is 36.5 Å². The summed E-state index contributed by atoms with van der Waals surface area (Å²) in [7, 11) is 2.18. The van der Waals surface area contributed by atoms with Gasteiger partial charge < -0.3 is 10.2 Å². The van der Waals surface area contributed by atoms with Crippen LogP contribution in [-0.2, 0) is 19.3 Å². The minimum atomic E-state index is -0.174. The van der Waals surface area contributed by atoms with E-state index in [1.54, 1.807) is 6.07 Å². The molecular weight excluding hydrogens is 495 g/mol. The monoisotopic (exact) mass is 528 g/mol. The molecule has 200 valence electrons. The van der Waals surface area contributed by atoms with Crippen LogP contribution in [0.2, 0.25) is 0 Å². The second-order valence-electron chi connectivity index (χ2n) is 10.5. The van der Waals surface area contributed by atoms with Crippen molar-refractivity contribution in [2.45, 2.75) is 25.2 Å². The molecule has 0 aliphatic heterocycles. The van der Waals surface area contributed by atoms with Crippen molar-refractivity contribution in [1.82, 2.24) is 14.9 Å². The molecule has 5 heteroatoms. The van der Waals surface area contributed by atoms with E-state index >= 15 is 0 Å². The van der Waals surface area contributed by atoms with Crippen LogP contribution >= 0.6 is 0 Å². The number of likely N-dealkylation sites (N-methyl/N-ethyl adjacent to an activating group) is 1. The maximum absolute atomic E-state index is 14.7. The van der Waals surface area contributed by atoms with Crippen molar-refractivity contribution in [1.29, 1.82) is 0 Å². The van der Waals surface area contributed by atoms with Gasteiger partial charge in [0.2, 0.25) is 5.95 Å². The largest absolute Gasteiger partial charge is 0.324 e. The van der Waals surface area contributed by atoms with Crippen LogP contribution in [0, 0.1) is 5.82 Å². The lowest BCUT2D eigenvalue weighted by Crippen LogP contribution is -2.23. The average Bonchev–Trinajstić information content (AvgIpc) is 3.00. The predicted molar refractivity (Wildman–Crippen MR) is 160 cm³/mol. The van der Waals surface area contributed by atoms with E-state index in [1.807, 2.05) is 30.5 Å². The lowest BCUT2D eigenvalue weighted by atomic mass is 9.78. The highest BCUT2D eigenvalue weighted by molar-refractivity contribution is 5.73. The van der Waals surface area contributed by atoms with Gasteiger partial charge in [-0.3, -0.25) is 0 Å². The van der Waals surface area contributed by atoms with E-state index in [4.69, 9.17) is 4.98 Å². The summed E-state index contributed by atoms with van der Waals surface area (Å²) in [5.41, 5.74) is 8.43. The van der Waals surface area contributed by atoms with Crippen LogP contribution in [0.4, 0.5) is 16.0 Å². The zero-order valence-electron chi connectivity index (χ0n) is 22.7. The molecule has 0 radical (unpaired) electrons. The standard InChI is InChI=1S/C35H33FN4/c1-40(21-19-25-9-3-2-4-10-25)22-20-26-15-17-28(18-16-26)38-35-37-24-27-23-32(30-12-7-8-14-33(30)36)29-11-5-6-13-31(29)34(27)39-35/h2-18,24,32H,19-23H2,1H3,(H,37,38,39). The molecule has 5 aromatic rings. The lowest BCUT2D eigenvalue weighted by molar-refractivity contribution is 0.343. The van der Waals surface area contributed by atoms with Crippen molar-refractivity contribution < 1.29 is 4.39 Å². The predicted octanol–water partition coefficient (Wildman–Crippen LogP) is 7.43. The summed E-state index contributed by atoms with van der Waals surface area (Å²) in [6.07, 6.45) is 4.62. The molecule has 1 aliphatic carbocycles. The van der Waals surface area contributed by atoms with Gasteiger partial charge in [0.05, 0.1) is 5.69 Å². The number of rotatable bonds is 9. The maximum Gasteiger partial charge on any atom is 0.227 e. The number of fused-ring (bicyclic) bond motifs is 3. The lowest BCUT2D eigenvalue weighted by Gasteiger charge is -2.27. The maximum atomic E-state index is 14.7. The molecule has 1 unspecified atom stereocenters. The highest BCUT2D eigenvalue weighted by Crippen LogP contribution is 2.42. The number of halogens is 1. The summed E-state index contributed by atoms with van der Waals surface area (Å²) < 4.78 is 14.7. The molecule has 0 bridgehead atoms. The van der Waals surface area contributed by atoms with E-state index in [0.29, 0.717) is 17.9 Å². The summed E-state index contributed by atoms with van der Waals surface area (Å²) in [5, 5.41) is 3.37. The Balaban J connectivity index is 1.11. The summed E-state index contributed by atoms with van der Waals surface area (Å²) >= 11 is 0. The fraction of sp³-hybridized carbons (Fsp3) is 0.200. The molecule has 0 amide bonds. The Morgan fingerprint density at radius 2 is 1.43 bits per heavy atom. The zero-order valence-corrected chi connectivity index (χ0v) is 22.7. The fourth-order valence-corrected chi connectivity index (χ4v) is 5.51. The number of hydrogen-bond donors (Lipinski definition) is 1. The van der Waals surface area contributed by atoms with Crippen LogP contribution in [0.25, 0.3) is 11.3 Å². The smallest absolute Gasteiger partial charge is 0.227 e. The van der Waals surface area contributed by atoms with Gasteiger partial charge in [-0.2, -0.15) is 0 Å². The molecule has 4 nitrogen and oxygen atoms in total. The summed E-state index contributed by atoms with van der Waals surface area (Å²) in [6, 6.07) is 34.4. The minimum Gasteiger partial charge on any atom is -0.324 e. The molecule has 1 heterocycles. The Morgan fingerprint density at radius 3 is 2.17 bits per heavy atom. The third-order valence-electron chi connectivity index (χ3n) is 7.78. The summed E-state index contributed by atoms with van der Waals surface area (Å²) in [6.45, 7) is 2.06. The van der Waals surface area contributed by atoms with Gasteiger partial charge in [-0.1, -0.05) is 84.9 Å². The molecule has 40 heavy (non-hydrogen) atoms. The molecule has 0 saturated carbocycles. The van der Waals surface area contributed by atoms with Gasteiger partial charge in [0.1, 0.15) is 5.82 Å². The average molecular weight is 529 g/mol. The van der Waals surface area contributed by atoms with E-state index in [9.17, 15) is 4.39 Å². The zero-order chi connectivity index (χ0) is 27.3. The first-order valence-corrected chi connectivity index (χ1v) is 13.9. The van der Waals surface area contributed by atoms with E-state index in [0.717, 1.165) is 54.0 Å². The quantitative estimate of drug-likeness (QED) is 0.216. The molecule has 0 saturated heterocycles. The molecule has 1 aliphatic rings. The van der Waals surface area contributed by atoms with Gasteiger partial charge in [-0.25, -0.2) is 14.4 Å². The topological polar surface area (TPSA) is 41.0 Å². The van der Waals surface area contributed by atoms with Gasteiger partial charge in [-0.05, 0) is 72.3 Å². The molecule has 6 rings (SSSR count). The van der Waals surface area contributed by atoms with Crippen molar-refractivity contribution in [3.63, 3.8) is 0 Å². The molecule has 1 aromatic heterocycles. The van der Waals surface area contributed by atoms with E-state index in [1.165, 1.54) is 17.2 Å². The Morgan fingerprint density at radius 1 is 0.775 bits per heavy atom. The molecule has 1 atom stereocenters. The number of nitrogens with one attached hydrogen (secondary N) is 1. The van der Waals surface area contributed by atoms with Crippen molar-refractivity contribution in [2.75, 3.05) is 25.5 Å². The SMILES string of the molecule is CN(CCc1ccccc1)CCc1ccc(Nc2ncc3c(n2)-c2ccccc2C(c2ccccc2F)C3)cc1. The normalized spacial score (nSPS) is 14.0. The second kappa shape index (κ2) is 11.8. The summed E-state index contributed by atoms with van der Waals surface area (Å²) in [4.78, 5) is 11.9. The highest BCUT2D eigenvalue weighted by atomic mass is 19.1. The minimum absolute atomic E-state index is 0.0581. The third-order valence-corrected chi connectivity index (χ3v) is 7.78. The number of nitrogens with zero attached hydrogens (tertiary/aromatic N) is 3. The van der Waals surface area contributed by atoms with E-state index in [2.05, 4.69) is 89.0 Å². The van der Waals surface area contributed by atoms with Crippen LogP contribution < -0.4 is 5.32 Å². The Kier molecular flexibility index (Phi) is 7.64. The van der Waals surface area contributed by atoms with Crippen LogP contribution in [0.5, 0.6) is 0 Å². The van der Waals surface area contributed by atoms with Crippen LogP contribution in [0.15, 0.2) is 109 Å². The van der Waals surface area contributed by atoms with E-state index in [-0.39, 0.29) is 11.7 Å². The summed E-state index contributed by atoms with van der Waals surface area (Å²) in [5.74, 6) is 0.329. The number of benzene rings is 4. The molecule has 1 N–H and O–H groups in total.